The molecule has 0 fully saturated rings. The fraction of sp³-hybridized carbons (Fsp3) is 0.371. The van der Waals surface area contributed by atoms with Crippen molar-refractivity contribution in [1.29, 1.82) is 0 Å². The third-order valence-corrected chi connectivity index (χ3v) is 5.37. The summed E-state index contributed by atoms with van der Waals surface area (Å²) in [6.45, 7) is 2.48. The van der Waals surface area contributed by atoms with E-state index >= 15 is 0 Å². The van der Waals surface area contributed by atoms with E-state index in [0.717, 1.165) is 17.5 Å². The Kier molecular flexibility index (Phi) is 26.9. The van der Waals surface area contributed by atoms with E-state index in [9.17, 15) is 24.0 Å². The van der Waals surface area contributed by atoms with Gasteiger partial charge in [-0.15, -0.1) is 0 Å². The first-order valence-corrected chi connectivity index (χ1v) is 15.0. The summed E-state index contributed by atoms with van der Waals surface area (Å²) in [5.74, 6) is -0.817. The van der Waals surface area contributed by atoms with Gasteiger partial charge in [-0.1, -0.05) is 73.7 Å². The zero-order valence-electron chi connectivity index (χ0n) is 27.5. The molecule has 256 valence electrons. The number of hydrogen-bond donors (Lipinski definition) is 1. The largest absolute Gasteiger partial charge is 0.459 e. The maximum Gasteiger partial charge on any atom is 0.332 e. The van der Waals surface area contributed by atoms with Gasteiger partial charge in [0.2, 0.25) is 6.41 Å². The average molecular weight is 654 g/mol. The molecule has 0 spiro atoms. The Balaban J connectivity index is 0.000000682. The van der Waals surface area contributed by atoms with Crippen molar-refractivity contribution in [2.24, 2.45) is 5.73 Å². The maximum atomic E-state index is 11.3. The van der Waals surface area contributed by atoms with Gasteiger partial charge in [-0.2, -0.15) is 0 Å². The molecule has 2 aromatic carbocycles. The van der Waals surface area contributed by atoms with Gasteiger partial charge in [0.15, 0.2) is 0 Å². The second kappa shape index (κ2) is 29.9. The summed E-state index contributed by atoms with van der Waals surface area (Å²) in [6.07, 6.45) is 5.33. The number of hydrogen-bond acceptors (Lipinski definition) is 11. The highest BCUT2D eigenvalue weighted by molar-refractivity contribution is 5.80. The molecule has 0 aliphatic carbocycles. The number of amides is 1. The Morgan fingerprint density at radius 1 is 0.702 bits per heavy atom. The van der Waals surface area contributed by atoms with Crippen LogP contribution in [0.15, 0.2) is 91.3 Å². The van der Waals surface area contributed by atoms with Gasteiger partial charge in [-0.05, 0) is 23.3 Å². The molecular formula is C35H47N3O9. The summed E-state index contributed by atoms with van der Waals surface area (Å²) in [6, 6.07) is 24.5. The molecule has 0 bridgehead atoms. The molecule has 1 heterocycles. The number of esters is 2. The summed E-state index contributed by atoms with van der Waals surface area (Å²) >= 11 is 0. The SMILES string of the molecule is CCC(=O)CCOCC(=O)OCc1ccccc1.CN(C)C=O.NCC(=O)CCOCC(=O)OCc1ccccc1.c1ccncc1. The topological polar surface area (TPSA) is 164 Å². The standard InChI is InChI=1S/C14H18O4.C13H17NO4.C5H5N.C3H7NO/c1-2-13(15)8-9-17-11-14(16)18-10-12-6-4-3-5-7-12;14-8-12(15)6-7-17-10-13(16)18-9-11-4-2-1-3-5-11;1-2-4-6-5-3-1;1-4(2)3-5/h3-7H,2,8-11H2,1H3;1-5H,6-10,14H2;1-5H;3H,1-2H3. The number of ether oxygens (including phenoxy) is 4. The van der Waals surface area contributed by atoms with Crippen molar-refractivity contribution < 1.29 is 42.9 Å². The molecule has 2 N–H and O–H groups in total. The van der Waals surface area contributed by atoms with Crippen molar-refractivity contribution in [1.82, 2.24) is 9.88 Å². The number of Topliss-reactive ketones (excluding diaryl/α,β-unsaturated/α-hetero) is 2. The number of rotatable bonds is 17. The molecule has 0 radical (unpaired) electrons. The zero-order chi connectivity index (χ0) is 35.0. The molecule has 0 aliphatic heterocycles. The van der Waals surface area contributed by atoms with Crippen LogP contribution in [0.5, 0.6) is 0 Å². The fourth-order valence-electron chi connectivity index (χ4n) is 2.83. The number of nitrogens with zero attached hydrogens (tertiary/aromatic N) is 2. The van der Waals surface area contributed by atoms with Crippen LogP contribution >= 0.6 is 0 Å². The highest BCUT2D eigenvalue weighted by atomic mass is 16.6. The van der Waals surface area contributed by atoms with Crippen molar-refractivity contribution in [3.8, 4) is 0 Å². The van der Waals surface area contributed by atoms with Crippen molar-refractivity contribution in [2.75, 3.05) is 47.1 Å². The lowest BCUT2D eigenvalue weighted by Crippen LogP contribution is -2.18. The second-order valence-corrected chi connectivity index (χ2v) is 9.63. The lowest BCUT2D eigenvalue weighted by Gasteiger charge is -2.05. The predicted octanol–water partition coefficient (Wildman–Crippen LogP) is 3.57. The molecule has 0 atom stereocenters. The number of ketones is 2. The molecule has 12 nitrogen and oxygen atoms in total. The van der Waals surface area contributed by atoms with Gasteiger partial charge in [0, 0.05) is 45.8 Å². The third kappa shape index (κ3) is 28.4. The second-order valence-electron chi connectivity index (χ2n) is 9.63. The van der Waals surface area contributed by atoms with Crippen LogP contribution < -0.4 is 5.73 Å². The molecule has 0 saturated heterocycles. The highest BCUT2D eigenvalue weighted by Gasteiger charge is 2.06. The number of aromatic nitrogens is 1. The van der Waals surface area contributed by atoms with E-state index in [2.05, 4.69) is 4.98 Å². The molecule has 0 unspecified atom stereocenters. The van der Waals surface area contributed by atoms with Crippen LogP contribution in [0.1, 0.15) is 37.3 Å². The Morgan fingerprint density at radius 3 is 1.43 bits per heavy atom. The minimum atomic E-state index is -0.445. The van der Waals surface area contributed by atoms with Gasteiger partial charge in [0.25, 0.3) is 0 Å². The van der Waals surface area contributed by atoms with E-state index in [1.165, 1.54) is 4.90 Å². The van der Waals surface area contributed by atoms with Crippen LogP contribution in [0.3, 0.4) is 0 Å². The van der Waals surface area contributed by atoms with E-state index in [-0.39, 0.29) is 64.2 Å². The summed E-state index contributed by atoms with van der Waals surface area (Å²) in [5, 5.41) is 0. The normalized spacial score (nSPS) is 9.45. The number of carbonyl (C=O) groups excluding carboxylic acids is 5. The van der Waals surface area contributed by atoms with Crippen LogP contribution in [-0.2, 0) is 56.1 Å². The molecular weight excluding hydrogens is 606 g/mol. The molecule has 3 rings (SSSR count). The van der Waals surface area contributed by atoms with Gasteiger partial charge in [0.1, 0.15) is 38.0 Å². The summed E-state index contributed by atoms with van der Waals surface area (Å²) in [4.78, 5) is 59.0. The first-order chi connectivity index (χ1) is 22.7. The van der Waals surface area contributed by atoms with Gasteiger partial charge < -0.3 is 29.6 Å². The van der Waals surface area contributed by atoms with Gasteiger partial charge in [-0.3, -0.25) is 19.4 Å². The highest BCUT2D eigenvalue weighted by Crippen LogP contribution is 2.02. The fourth-order valence-corrected chi connectivity index (χ4v) is 2.83. The van der Waals surface area contributed by atoms with Crippen LogP contribution in [0.25, 0.3) is 0 Å². The van der Waals surface area contributed by atoms with E-state index in [1.807, 2.05) is 78.9 Å². The number of carbonyl (C=O) groups is 5. The number of nitrogens with two attached hydrogens (primary N) is 1. The first-order valence-electron chi connectivity index (χ1n) is 15.0. The smallest absolute Gasteiger partial charge is 0.332 e. The Labute approximate surface area is 277 Å². The zero-order valence-corrected chi connectivity index (χ0v) is 27.5. The Hall–Kier alpha value is -4.78. The van der Waals surface area contributed by atoms with Gasteiger partial charge >= 0.3 is 11.9 Å². The molecule has 1 amide bonds. The van der Waals surface area contributed by atoms with E-state index in [0.29, 0.717) is 12.8 Å². The van der Waals surface area contributed by atoms with Crippen LogP contribution in [0.4, 0.5) is 0 Å². The van der Waals surface area contributed by atoms with Crippen LogP contribution in [0.2, 0.25) is 0 Å². The monoisotopic (exact) mass is 653 g/mol. The predicted molar refractivity (Wildman–Crippen MR) is 177 cm³/mol. The molecule has 12 heteroatoms. The van der Waals surface area contributed by atoms with E-state index in [1.54, 1.807) is 33.4 Å². The molecule has 47 heavy (non-hydrogen) atoms. The maximum absolute atomic E-state index is 11.3. The number of pyridine rings is 1. The van der Waals surface area contributed by atoms with Gasteiger partial charge in [0.05, 0.1) is 19.8 Å². The molecule has 1 aromatic heterocycles. The van der Waals surface area contributed by atoms with Crippen LogP contribution in [-0.4, -0.2) is 86.9 Å². The van der Waals surface area contributed by atoms with Crippen molar-refractivity contribution in [3.05, 3.63) is 102 Å². The summed E-state index contributed by atoms with van der Waals surface area (Å²) < 4.78 is 20.1. The quantitative estimate of drug-likeness (QED) is 0.129. The van der Waals surface area contributed by atoms with Crippen LogP contribution in [0, 0.1) is 0 Å². The Bertz CT molecular complexity index is 1130. The van der Waals surface area contributed by atoms with Gasteiger partial charge in [-0.25, -0.2) is 9.59 Å². The minimum absolute atomic E-state index is 0.00180. The van der Waals surface area contributed by atoms with Crippen molar-refractivity contribution >= 4 is 29.9 Å². The number of benzene rings is 2. The van der Waals surface area contributed by atoms with Crippen molar-refractivity contribution in [2.45, 2.75) is 39.4 Å². The molecule has 0 aliphatic rings. The van der Waals surface area contributed by atoms with E-state index < -0.39 is 11.9 Å². The summed E-state index contributed by atoms with van der Waals surface area (Å²) in [7, 11) is 3.38. The average Bonchev–Trinajstić information content (AvgIpc) is 3.12. The first kappa shape index (κ1) is 42.2. The molecule has 0 saturated carbocycles. The lowest BCUT2D eigenvalue weighted by molar-refractivity contribution is -0.151. The minimum Gasteiger partial charge on any atom is -0.459 e. The van der Waals surface area contributed by atoms with Crippen molar-refractivity contribution in [3.63, 3.8) is 0 Å². The molecule has 3 aromatic rings. The lowest BCUT2D eigenvalue weighted by atomic mass is 10.2. The Morgan fingerprint density at radius 2 is 1.11 bits per heavy atom. The summed E-state index contributed by atoms with van der Waals surface area (Å²) in [5.41, 5.74) is 6.99. The van der Waals surface area contributed by atoms with E-state index in [4.69, 9.17) is 24.7 Å². The third-order valence-electron chi connectivity index (χ3n) is 5.37.